The number of benzene rings is 1. The average Bonchev–Trinajstić information content (AvgIpc) is 3.56. The van der Waals surface area contributed by atoms with Gasteiger partial charge in [0, 0.05) is 30.4 Å². The van der Waals surface area contributed by atoms with Crippen molar-refractivity contribution in [1.29, 1.82) is 0 Å². The van der Waals surface area contributed by atoms with Crippen molar-refractivity contribution in [3.63, 3.8) is 0 Å². The fourth-order valence-electron chi connectivity index (χ4n) is 3.15. The van der Waals surface area contributed by atoms with E-state index in [9.17, 15) is 9.59 Å². The van der Waals surface area contributed by atoms with Crippen LogP contribution in [0.2, 0.25) is 5.02 Å². The average molecular weight is 425 g/mol. The molecule has 0 atom stereocenters. The first-order valence-corrected chi connectivity index (χ1v) is 10.1. The maximum Gasteiger partial charge on any atom is 0.255 e. The number of nitrogens with zero attached hydrogens (tertiary/aromatic N) is 2. The standard InChI is InChI=1S/C22H21ClN4O3/c23-17-3-7-19(8-4-17)30-18-5-1-15(2-6-18)11-26-21(29)22(9-10-22)27-20(28)16-12-24-14-25-13-16/h1,3-5,7-8,12-14H,2,6,9-11H2,(H,26,29)(H,27,28). The molecule has 1 fully saturated rings. The highest BCUT2D eigenvalue weighted by Crippen LogP contribution is 2.36. The number of nitrogens with one attached hydrogen (secondary N) is 2. The van der Waals surface area contributed by atoms with E-state index in [0.29, 0.717) is 30.0 Å². The largest absolute Gasteiger partial charge is 0.462 e. The first kappa shape index (κ1) is 20.1. The van der Waals surface area contributed by atoms with E-state index in [0.717, 1.165) is 29.9 Å². The predicted octanol–water partition coefficient (Wildman–Crippen LogP) is 3.19. The minimum absolute atomic E-state index is 0.166. The van der Waals surface area contributed by atoms with Crippen molar-refractivity contribution in [2.75, 3.05) is 6.54 Å². The molecule has 0 aliphatic heterocycles. The van der Waals surface area contributed by atoms with E-state index < -0.39 is 5.54 Å². The Morgan fingerprint density at radius 2 is 1.80 bits per heavy atom. The van der Waals surface area contributed by atoms with E-state index in [2.05, 4.69) is 20.6 Å². The number of carbonyl (C=O) groups is 2. The number of ether oxygens (including phenoxy) is 1. The quantitative estimate of drug-likeness (QED) is 0.712. The van der Waals surface area contributed by atoms with E-state index in [1.165, 1.54) is 18.7 Å². The molecule has 2 aliphatic rings. The van der Waals surface area contributed by atoms with Crippen LogP contribution in [-0.2, 0) is 4.79 Å². The second-order valence-corrected chi connectivity index (χ2v) is 7.80. The molecular formula is C22H21ClN4O3. The summed E-state index contributed by atoms with van der Waals surface area (Å²) in [6.07, 6.45) is 10.9. The van der Waals surface area contributed by atoms with Crippen molar-refractivity contribution in [2.45, 2.75) is 31.2 Å². The van der Waals surface area contributed by atoms with Crippen molar-refractivity contribution in [2.24, 2.45) is 0 Å². The SMILES string of the molecule is O=C(NC1(C(=O)NCC2=CC=C(Oc3ccc(Cl)cc3)CC2)CC1)c1cncnc1. The lowest BCUT2D eigenvalue weighted by Gasteiger charge is -2.19. The van der Waals surface area contributed by atoms with Gasteiger partial charge in [0.15, 0.2) is 0 Å². The molecule has 0 radical (unpaired) electrons. The highest BCUT2D eigenvalue weighted by Gasteiger charge is 2.51. The molecule has 1 aromatic carbocycles. The fourth-order valence-corrected chi connectivity index (χ4v) is 3.28. The second-order valence-electron chi connectivity index (χ2n) is 7.36. The monoisotopic (exact) mass is 424 g/mol. The molecule has 7 nitrogen and oxygen atoms in total. The van der Waals surface area contributed by atoms with Crippen LogP contribution in [0.3, 0.4) is 0 Å². The van der Waals surface area contributed by atoms with Gasteiger partial charge in [0.1, 0.15) is 23.4 Å². The number of hydrogen-bond donors (Lipinski definition) is 2. The van der Waals surface area contributed by atoms with Crippen molar-refractivity contribution < 1.29 is 14.3 Å². The number of rotatable bonds is 7. The maximum absolute atomic E-state index is 12.6. The highest BCUT2D eigenvalue weighted by atomic mass is 35.5. The smallest absolute Gasteiger partial charge is 0.255 e. The molecular weight excluding hydrogens is 404 g/mol. The maximum atomic E-state index is 12.6. The van der Waals surface area contributed by atoms with Gasteiger partial charge in [0.2, 0.25) is 5.91 Å². The van der Waals surface area contributed by atoms with Gasteiger partial charge in [0.25, 0.3) is 5.91 Å². The van der Waals surface area contributed by atoms with Gasteiger partial charge in [0.05, 0.1) is 5.56 Å². The minimum Gasteiger partial charge on any atom is -0.462 e. The van der Waals surface area contributed by atoms with Crippen molar-refractivity contribution in [3.8, 4) is 5.75 Å². The minimum atomic E-state index is -0.832. The molecule has 0 unspecified atom stereocenters. The van der Waals surface area contributed by atoms with Crippen LogP contribution in [0.25, 0.3) is 0 Å². The van der Waals surface area contributed by atoms with Crippen LogP contribution in [0.5, 0.6) is 5.75 Å². The molecule has 2 aliphatic carbocycles. The lowest BCUT2D eigenvalue weighted by atomic mass is 10.0. The summed E-state index contributed by atoms with van der Waals surface area (Å²) in [6.45, 7) is 0.440. The first-order valence-electron chi connectivity index (χ1n) is 9.72. The third-order valence-electron chi connectivity index (χ3n) is 5.10. The zero-order valence-electron chi connectivity index (χ0n) is 16.2. The molecule has 1 heterocycles. The molecule has 30 heavy (non-hydrogen) atoms. The van der Waals surface area contributed by atoms with Crippen LogP contribution in [0, 0.1) is 0 Å². The molecule has 0 bridgehead atoms. The van der Waals surface area contributed by atoms with Gasteiger partial charge in [-0.05, 0) is 49.6 Å². The number of aromatic nitrogens is 2. The van der Waals surface area contributed by atoms with E-state index in [-0.39, 0.29) is 11.8 Å². The third-order valence-corrected chi connectivity index (χ3v) is 5.35. The molecule has 1 saturated carbocycles. The first-order chi connectivity index (χ1) is 14.5. The van der Waals surface area contributed by atoms with E-state index in [4.69, 9.17) is 16.3 Å². The molecule has 2 aromatic rings. The van der Waals surface area contributed by atoms with E-state index in [1.807, 2.05) is 24.3 Å². The zero-order chi connectivity index (χ0) is 21.0. The number of hydrogen-bond acceptors (Lipinski definition) is 5. The molecule has 8 heteroatoms. The van der Waals surface area contributed by atoms with Crippen LogP contribution >= 0.6 is 11.6 Å². The van der Waals surface area contributed by atoms with Crippen molar-refractivity contribution >= 4 is 23.4 Å². The Balaban J connectivity index is 1.28. The van der Waals surface area contributed by atoms with Gasteiger partial charge in [-0.1, -0.05) is 23.3 Å². The van der Waals surface area contributed by atoms with Gasteiger partial charge in [-0.15, -0.1) is 0 Å². The number of allylic oxidation sites excluding steroid dienone is 3. The van der Waals surface area contributed by atoms with Gasteiger partial charge in [-0.25, -0.2) is 9.97 Å². The normalized spacial score (nSPS) is 16.7. The lowest BCUT2D eigenvalue weighted by molar-refractivity contribution is -0.123. The highest BCUT2D eigenvalue weighted by molar-refractivity contribution is 6.30. The Bertz CT molecular complexity index is 999. The molecule has 1 aromatic heterocycles. The summed E-state index contributed by atoms with van der Waals surface area (Å²) < 4.78 is 5.85. The van der Waals surface area contributed by atoms with Crippen molar-refractivity contribution in [3.05, 3.63) is 77.1 Å². The van der Waals surface area contributed by atoms with Crippen LogP contribution in [-0.4, -0.2) is 33.9 Å². The van der Waals surface area contributed by atoms with Gasteiger partial charge in [-0.2, -0.15) is 0 Å². The Morgan fingerprint density at radius 1 is 1.07 bits per heavy atom. The number of amides is 2. The predicted molar refractivity (Wildman–Crippen MR) is 112 cm³/mol. The molecule has 2 amide bonds. The van der Waals surface area contributed by atoms with E-state index >= 15 is 0 Å². The van der Waals surface area contributed by atoms with Crippen molar-refractivity contribution in [1.82, 2.24) is 20.6 Å². The van der Waals surface area contributed by atoms with Gasteiger partial charge >= 0.3 is 0 Å². The summed E-state index contributed by atoms with van der Waals surface area (Å²) in [5.41, 5.74) is 0.608. The fraction of sp³-hybridized carbons (Fsp3) is 0.273. The summed E-state index contributed by atoms with van der Waals surface area (Å²) in [5.74, 6) is 1.10. The van der Waals surface area contributed by atoms with E-state index in [1.54, 1.807) is 12.1 Å². The van der Waals surface area contributed by atoms with Crippen LogP contribution in [0.1, 0.15) is 36.0 Å². The van der Waals surface area contributed by atoms with Gasteiger partial charge < -0.3 is 15.4 Å². The topological polar surface area (TPSA) is 93.2 Å². The molecule has 0 spiro atoms. The van der Waals surface area contributed by atoms with Crippen LogP contribution in [0.15, 0.2) is 66.5 Å². The summed E-state index contributed by atoms with van der Waals surface area (Å²) in [5, 5.41) is 6.43. The van der Waals surface area contributed by atoms with Crippen LogP contribution < -0.4 is 15.4 Å². The number of halogens is 1. The third kappa shape index (κ3) is 4.86. The Labute approximate surface area is 179 Å². The Kier molecular flexibility index (Phi) is 5.81. The second kappa shape index (κ2) is 8.67. The summed E-state index contributed by atoms with van der Waals surface area (Å²) in [7, 11) is 0. The van der Waals surface area contributed by atoms with Crippen LogP contribution in [0.4, 0.5) is 0 Å². The summed E-state index contributed by atoms with van der Waals surface area (Å²) >= 11 is 5.89. The lowest BCUT2D eigenvalue weighted by Crippen LogP contribution is -2.49. The zero-order valence-corrected chi connectivity index (χ0v) is 17.0. The molecule has 2 N–H and O–H groups in total. The Hall–Kier alpha value is -3.19. The molecule has 154 valence electrons. The Morgan fingerprint density at radius 3 is 2.43 bits per heavy atom. The summed E-state index contributed by atoms with van der Waals surface area (Å²) in [4.78, 5) is 32.6. The molecule has 0 saturated heterocycles. The molecule has 4 rings (SSSR count). The summed E-state index contributed by atoms with van der Waals surface area (Å²) in [6, 6.07) is 7.23. The van der Waals surface area contributed by atoms with Gasteiger partial charge in [-0.3, -0.25) is 9.59 Å². The number of carbonyl (C=O) groups excluding carboxylic acids is 2.